The van der Waals surface area contributed by atoms with Crippen molar-refractivity contribution in [2.75, 3.05) is 14.1 Å². The molecule has 0 radical (unpaired) electrons. The van der Waals surface area contributed by atoms with Crippen LogP contribution >= 0.6 is 11.6 Å². The molecule has 4 rings (SSSR count). The number of halogens is 2. The van der Waals surface area contributed by atoms with Gasteiger partial charge >= 0.3 is 0 Å². The number of nitrogens with two attached hydrogens (primary N) is 1. The molecule has 10 nitrogen and oxygen atoms in total. The number of aromatic hydroxyl groups is 1. The van der Waals surface area contributed by atoms with Crippen molar-refractivity contribution in [3.8, 4) is 5.75 Å². The number of rotatable bonds is 2. The van der Waals surface area contributed by atoms with Crippen LogP contribution in [0.25, 0.3) is 5.76 Å². The first kappa shape index (κ1) is 25.0. The fourth-order valence-corrected chi connectivity index (χ4v) is 5.51. The number of ketones is 2. The maximum Gasteiger partial charge on any atom is 0.255 e. The van der Waals surface area contributed by atoms with Gasteiger partial charge in [-0.25, -0.2) is 0 Å². The highest BCUT2D eigenvalue weighted by Crippen LogP contribution is 2.56. The number of likely N-dealkylation sites (N-methyl/N-ethyl adjacent to an activating group) is 1. The van der Waals surface area contributed by atoms with Gasteiger partial charge in [-0.2, -0.15) is 0 Å². The maximum absolute atomic E-state index is 13.6. The number of phenolic OH excluding ortho intramolecular Hbond substituents is 1. The van der Waals surface area contributed by atoms with E-state index in [4.69, 9.17) is 17.3 Å². The molecule has 1 amide bonds. The lowest BCUT2D eigenvalue weighted by atomic mass is 9.57. The number of aliphatic hydroxyl groups is 4. The second-order valence-electron chi connectivity index (χ2n) is 8.47. The summed E-state index contributed by atoms with van der Waals surface area (Å²) in [5, 5.41) is 54.4. The molecule has 3 aliphatic carbocycles. The normalized spacial score (nSPS) is 31.1. The molecule has 0 saturated heterocycles. The Hall–Kier alpha value is -2.63. The van der Waals surface area contributed by atoms with Crippen molar-refractivity contribution < 1.29 is 52.3 Å². The summed E-state index contributed by atoms with van der Waals surface area (Å²) >= 11 is 6.19. The quantitative estimate of drug-likeness (QED) is 0.232. The van der Waals surface area contributed by atoms with Gasteiger partial charge in [-0.05, 0) is 32.6 Å². The van der Waals surface area contributed by atoms with Crippen molar-refractivity contribution in [2.24, 2.45) is 17.6 Å². The Morgan fingerprint density at radius 2 is 1.82 bits per heavy atom. The van der Waals surface area contributed by atoms with Gasteiger partial charge < -0.3 is 43.7 Å². The minimum absolute atomic E-state index is 0. The average Bonchev–Trinajstić information content (AvgIpc) is 2.69. The van der Waals surface area contributed by atoms with Crippen LogP contribution in [0.5, 0.6) is 5.75 Å². The number of carbonyl (C=O) groups is 3. The number of aliphatic hydroxyl groups excluding tert-OH is 3. The van der Waals surface area contributed by atoms with Gasteiger partial charge in [0.25, 0.3) is 5.91 Å². The first-order valence-corrected chi connectivity index (χ1v) is 10.1. The smallest absolute Gasteiger partial charge is 0.255 e. The van der Waals surface area contributed by atoms with Crippen LogP contribution in [-0.4, -0.2) is 73.6 Å². The van der Waals surface area contributed by atoms with Crippen molar-refractivity contribution in [1.29, 1.82) is 0 Å². The Morgan fingerprint density at radius 1 is 1.21 bits per heavy atom. The van der Waals surface area contributed by atoms with Crippen LogP contribution in [0.4, 0.5) is 0 Å². The van der Waals surface area contributed by atoms with E-state index in [2.05, 4.69) is 0 Å². The molecule has 1 saturated carbocycles. The summed E-state index contributed by atoms with van der Waals surface area (Å²) in [6.45, 7) is 0. The lowest BCUT2D eigenvalue weighted by Gasteiger charge is -2.51. The fraction of sp³-hybridized carbons (Fsp3) is 0.381. The number of phenols is 1. The molecular formula is C21H21Cl2N2O8-. The molecule has 0 aromatic heterocycles. The fourth-order valence-electron chi connectivity index (χ4n) is 5.24. The second kappa shape index (κ2) is 8.00. The third-order valence-corrected chi connectivity index (χ3v) is 6.97. The second-order valence-corrected chi connectivity index (χ2v) is 8.87. The molecule has 3 aliphatic rings. The third kappa shape index (κ3) is 3.09. The van der Waals surface area contributed by atoms with Crippen molar-refractivity contribution >= 4 is 34.8 Å². The molecule has 0 spiro atoms. The van der Waals surface area contributed by atoms with Crippen LogP contribution in [-0.2, 0) is 14.4 Å². The highest BCUT2D eigenvalue weighted by atomic mass is 35.5. The summed E-state index contributed by atoms with van der Waals surface area (Å²) in [7, 11) is 2.97. The van der Waals surface area contributed by atoms with E-state index in [-0.39, 0.29) is 35.0 Å². The first-order chi connectivity index (χ1) is 14.8. The average molecular weight is 500 g/mol. The molecule has 0 unspecified atom stereocenters. The molecule has 12 heteroatoms. The van der Waals surface area contributed by atoms with Crippen molar-refractivity contribution in [1.82, 2.24) is 4.90 Å². The number of amides is 1. The van der Waals surface area contributed by atoms with Gasteiger partial charge in [0.05, 0.1) is 17.7 Å². The topological polar surface area (TPSA) is 182 Å². The molecule has 5 atom stereocenters. The van der Waals surface area contributed by atoms with Crippen molar-refractivity contribution in [3.63, 3.8) is 0 Å². The molecule has 0 bridgehead atoms. The van der Waals surface area contributed by atoms with Crippen LogP contribution in [0.3, 0.4) is 0 Å². The minimum atomic E-state index is -2.77. The van der Waals surface area contributed by atoms with Crippen LogP contribution in [0.1, 0.15) is 23.7 Å². The number of benzene rings is 1. The molecule has 0 aliphatic heterocycles. The first-order valence-electron chi connectivity index (χ1n) is 9.69. The Kier molecular flexibility index (Phi) is 6.06. The Balaban J connectivity index is 0.00000306. The van der Waals surface area contributed by atoms with E-state index >= 15 is 0 Å². The van der Waals surface area contributed by atoms with Gasteiger partial charge in [0.2, 0.25) is 5.78 Å². The number of carbonyl (C=O) groups excluding carboxylic acids is 3. The van der Waals surface area contributed by atoms with Crippen LogP contribution < -0.4 is 18.1 Å². The predicted octanol–water partition coefficient (Wildman–Crippen LogP) is -2.89. The number of Topliss-reactive ketones (excluding diaryl/α,β-unsaturated/α-hetero) is 2. The zero-order valence-corrected chi connectivity index (χ0v) is 18.9. The lowest BCUT2D eigenvalue weighted by Crippen LogP contribution is -3.00. The van der Waals surface area contributed by atoms with Gasteiger partial charge in [0.1, 0.15) is 22.8 Å². The third-order valence-electron chi connectivity index (χ3n) is 6.64. The summed E-state index contributed by atoms with van der Waals surface area (Å²) < 4.78 is 0. The molecule has 178 valence electrons. The van der Waals surface area contributed by atoms with Crippen molar-refractivity contribution in [3.05, 3.63) is 45.2 Å². The number of hydrogen-bond acceptors (Lipinski definition) is 9. The van der Waals surface area contributed by atoms with Crippen LogP contribution in [0.2, 0.25) is 5.02 Å². The Labute approximate surface area is 199 Å². The van der Waals surface area contributed by atoms with Gasteiger partial charge in [-0.3, -0.25) is 19.3 Å². The molecule has 1 fully saturated rings. The molecule has 1 aromatic carbocycles. The lowest BCUT2D eigenvalue weighted by molar-refractivity contribution is -0.155. The summed E-state index contributed by atoms with van der Waals surface area (Å²) in [5.74, 6) is -8.19. The molecule has 33 heavy (non-hydrogen) atoms. The Morgan fingerprint density at radius 3 is 2.36 bits per heavy atom. The highest BCUT2D eigenvalue weighted by Gasteiger charge is 2.65. The number of fused-ring (bicyclic) bond motifs is 3. The van der Waals surface area contributed by atoms with E-state index in [0.717, 1.165) is 0 Å². The highest BCUT2D eigenvalue weighted by molar-refractivity contribution is 6.32. The zero-order chi connectivity index (χ0) is 23.9. The van der Waals surface area contributed by atoms with Crippen LogP contribution in [0.15, 0.2) is 29.0 Å². The van der Waals surface area contributed by atoms with E-state index in [9.17, 15) is 39.9 Å². The predicted molar refractivity (Wildman–Crippen MR) is 111 cm³/mol. The van der Waals surface area contributed by atoms with E-state index in [1.807, 2.05) is 0 Å². The van der Waals surface area contributed by atoms with Gasteiger partial charge in [-0.1, -0.05) is 11.6 Å². The zero-order valence-electron chi connectivity index (χ0n) is 17.4. The summed E-state index contributed by atoms with van der Waals surface area (Å²) in [4.78, 5) is 39.8. The van der Waals surface area contributed by atoms with Gasteiger partial charge in [-0.15, -0.1) is 0 Å². The number of primary amides is 1. The maximum atomic E-state index is 13.6. The van der Waals surface area contributed by atoms with Crippen LogP contribution in [0, 0.1) is 11.8 Å². The monoisotopic (exact) mass is 499 g/mol. The molecular weight excluding hydrogens is 479 g/mol. The van der Waals surface area contributed by atoms with Gasteiger partial charge in [0, 0.05) is 28.0 Å². The van der Waals surface area contributed by atoms with E-state index in [0.29, 0.717) is 0 Å². The van der Waals surface area contributed by atoms with E-state index in [1.165, 1.54) is 31.1 Å². The van der Waals surface area contributed by atoms with E-state index in [1.54, 1.807) is 0 Å². The van der Waals surface area contributed by atoms with E-state index < -0.39 is 75.5 Å². The Bertz CT molecular complexity index is 1160. The molecule has 0 heterocycles. The SMILES string of the molecule is CN(C)[C@@H]1C(=O)C(C(N)=O)=C(O)[C@@]2(O)C(=O)C3=C(O)c4c(O)ccc(Cl)c4[C@@H](O)[C@H]3C[C@@H]12.[Cl-]. The minimum Gasteiger partial charge on any atom is -1.00 e. The summed E-state index contributed by atoms with van der Waals surface area (Å²) in [6.07, 6.45) is -1.70. The largest absolute Gasteiger partial charge is 1.00 e. The van der Waals surface area contributed by atoms with Crippen molar-refractivity contribution in [2.45, 2.75) is 24.2 Å². The summed E-state index contributed by atoms with van der Waals surface area (Å²) in [6, 6.07) is 1.25. The van der Waals surface area contributed by atoms with Gasteiger partial charge in [0.15, 0.2) is 11.4 Å². The molecule has 1 aromatic rings. The standard InChI is InChI=1S/C21H21ClN2O8.ClH/c1-24(2)14-7-5-6-10(16(27)12-9(25)4-3-8(22)11(12)15(6)26)18(29)21(7,32)19(30)13(17(14)28)20(23)31;/h3-4,6-7,14-15,25-27,30,32H,5H2,1-2H3,(H2,23,31);1H/p-1/t6-,7-,14-,15-,21-;/m0./s1. The molecule has 7 N–H and O–H groups in total. The summed E-state index contributed by atoms with van der Waals surface area (Å²) in [5.41, 5.74) is 0.845. The number of hydrogen-bond donors (Lipinski definition) is 6. The number of nitrogens with zero attached hydrogens (tertiary/aromatic N) is 1.